The molecule has 0 fully saturated rings. The van der Waals surface area contributed by atoms with Gasteiger partial charge in [0, 0.05) is 6.42 Å². The van der Waals surface area contributed by atoms with Gasteiger partial charge in [-0.3, -0.25) is 28.8 Å². The van der Waals surface area contributed by atoms with Crippen LogP contribution in [0.5, 0.6) is 0 Å². The lowest BCUT2D eigenvalue weighted by Crippen LogP contribution is -2.59. The Morgan fingerprint density at radius 3 is 1.37 bits per heavy atom. The maximum atomic E-state index is 13.4. The Kier molecular flexibility index (Phi) is 19.3. The van der Waals surface area contributed by atoms with E-state index in [4.69, 9.17) is 5.11 Å². The fraction of sp³-hybridized carbons (Fsp3) is 0.812. The van der Waals surface area contributed by atoms with Crippen LogP contribution in [0.15, 0.2) is 0 Å². The van der Waals surface area contributed by atoms with E-state index in [1.54, 1.807) is 34.6 Å². The number of aliphatic carboxylic acids is 1. The number of aliphatic hydroxyl groups is 2. The molecule has 0 saturated heterocycles. The summed E-state index contributed by atoms with van der Waals surface area (Å²) >= 11 is 0. The molecule has 1 unspecified atom stereocenters. The second-order valence-corrected chi connectivity index (χ2v) is 13.6. The van der Waals surface area contributed by atoms with Gasteiger partial charge in [0.2, 0.25) is 29.5 Å². The molecule has 8 N–H and O–H groups in total. The monoisotopic (exact) mass is 657 g/mol. The zero-order valence-electron chi connectivity index (χ0n) is 29.2. The van der Waals surface area contributed by atoms with Gasteiger partial charge in [0.25, 0.3) is 0 Å². The Bertz CT molecular complexity index is 1020. The van der Waals surface area contributed by atoms with Crippen molar-refractivity contribution in [2.45, 2.75) is 144 Å². The maximum Gasteiger partial charge on any atom is 0.306 e. The standard InChI is InChI=1S/C32H59N5O9/c1-11-25(40)36-28(18(6)7)32(46)37-29(19(8)9)31(45)35-21(12-16(2)3)23(38)14-26(41)33-20(10)30(44)34-22(13-17(4)5)24(39)15-27(42)43/h16-24,28-29,38-39H,11-15H2,1-10H3,(H,33,41)(H,34,44)(H,35,45)(H,36,40)(H,37,46)(H,42,43)/t20-,21-,22-,23-,24-,28?,29-/m0/s1. The van der Waals surface area contributed by atoms with Crippen molar-refractivity contribution in [3.8, 4) is 0 Å². The van der Waals surface area contributed by atoms with Gasteiger partial charge >= 0.3 is 5.97 Å². The van der Waals surface area contributed by atoms with Crippen molar-refractivity contribution >= 4 is 35.5 Å². The molecule has 266 valence electrons. The molecule has 0 heterocycles. The van der Waals surface area contributed by atoms with E-state index in [9.17, 15) is 39.0 Å². The summed E-state index contributed by atoms with van der Waals surface area (Å²) in [5, 5.41) is 43.6. The molecule has 0 aliphatic heterocycles. The zero-order chi connectivity index (χ0) is 35.9. The van der Waals surface area contributed by atoms with Crippen molar-refractivity contribution < 1.29 is 44.1 Å². The fourth-order valence-corrected chi connectivity index (χ4v) is 4.83. The number of aliphatic hydroxyl groups excluding tert-OH is 2. The summed E-state index contributed by atoms with van der Waals surface area (Å²) in [4.78, 5) is 75.2. The molecule has 5 amide bonds. The molecule has 46 heavy (non-hydrogen) atoms. The van der Waals surface area contributed by atoms with Crippen LogP contribution in [0.2, 0.25) is 0 Å². The zero-order valence-corrected chi connectivity index (χ0v) is 29.2. The fourth-order valence-electron chi connectivity index (χ4n) is 4.83. The van der Waals surface area contributed by atoms with E-state index in [2.05, 4.69) is 26.6 Å². The largest absolute Gasteiger partial charge is 0.481 e. The molecule has 14 heteroatoms. The molecule has 0 aromatic rings. The third-order valence-electron chi connectivity index (χ3n) is 7.42. The van der Waals surface area contributed by atoms with Crippen molar-refractivity contribution in [2.75, 3.05) is 0 Å². The summed E-state index contributed by atoms with van der Waals surface area (Å²) in [6.07, 6.45) is -2.81. The van der Waals surface area contributed by atoms with E-state index in [-0.39, 0.29) is 36.0 Å². The smallest absolute Gasteiger partial charge is 0.306 e. The lowest BCUT2D eigenvalue weighted by molar-refractivity contribution is -0.140. The molecule has 0 spiro atoms. The van der Waals surface area contributed by atoms with E-state index in [0.717, 1.165) is 0 Å². The summed E-state index contributed by atoms with van der Waals surface area (Å²) in [6, 6.07) is -4.59. The van der Waals surface area contributed by atoms with Crippen molar-refractivity contribution in [3.63, 3.8) is 0 Å². The molecule has 7 atom stereocenters. The average Bonchev–Trinajstić information content (AvgIpc) is 2.91. The highest BCUT2D eigenvalue weighted by molar-refractivity contribution is 5.92. The van der Waals surface area contributed by atoms with Gasteiger partial charge in [0.15, 0.2) is 0 Å². The minimum absolute atomic E-state index is 0.0181. The van der Waals surface area contributed by atoms with Crippen LogP contribution in [0.4, 0.5) is 0 Å². The van der Waals surface area contributed by atoms with Gasteiger partial charge in [0.05, 0.1) is 37.1 Å². The first kappa shape index (κ1) is 42.7. The average molecular weight is 658 g/mol. The van der Waals surface area contributed by atoms with E-state index >= 15 is 0 Å². The summed E-state index contributed by atoms with van der Waals surface area (Å²) in [5.74, 6) is -4.38. The Morgan fingerprint density at radius 2 is 0.957 bits per heavy atom. The van der Waals surface area contributed by atoms with Gasteiger partial charge in [0.1, 0.15) is 18.1 Å². The van der Waals surface area contributed by atoms with Crippen molar-refractivity contribution in [1.29, 1.82) is 0 Å². The molecule has 0 rings (SSSR count). The predicted molar refractivity (Wildman–Crippen MR) is 173 cm³/mol. The first-order valence-electron chi connectivity index (χ1n) is 16.3. The third-order valence-corrected chi connectivity index (χ3v) is 7.42. The van der Waals surface area contributed by atoms with Crippen molar-refractivity contribution in [2.24, 2.45) is 23.7 Å². The van der Waals surface area contributed by atoms with Gasteiger partial charge in [-0.25, -0.2) is 0 Å². The van der Waals surface area contributed by atoms with Gasteiger partial charge in [-0.2, -0.15) is 0 Å². The molecular formula is C32H59N5O9. The molecule has 0 aliphatic carbocycles. The Balaban J connectivity index is 5.57. The Morgan fingerprint density at radius 1 is 0.543 bits per heavy atom. The number of hydrogen-bond donors (Lipinski definition) is 8. The van der Waals surface area contributed by atoms with Crippen LogP contribution in [-0.2, 0) is 28.8 Å². The molecule has 0 aliphatic rings. The van der Waals surface area contributed by atoms with E-state index in [0.29, 0.717) is 12.8 Å². The third kappa shape index (κ3) is 16.3. The first-order chi connectivity index (χ1) is 21.2. The number of rotatable bonds is 21. The second-order valence-electron chi connectivity index (χ2n) is 13.6. The van der Waals surface area contributed by atoms with Gasteiger partial charge in [-0.15, -0.1) is 0 Å². The quantitative estimate of drug-likeness (QED) is 0.0874. The molecule has 0 saturated carbocycles. The molecule has 0 radical (unpaired) electrons. The highest BCUT2D eigenvalue weighted by Crippen LogP contribution is 2.15. The van der Waals surface area contributed by atoms with Crippen LogP contribution in [0.25, 0.3) is 0 Å². The van der Waals surface area contributed by atoms with Gasteiger partial charge in [-0.1, -0.05) is 62.3 Å². The SMILES string of the molecule is CCC(=O)NC(C(=O)N[C@H](C(=O)N[C@@H](CC(C)C)[C@@H](O)CC(=O)N[C@@H](C)C(=O)N[C@@H](CC(C)C)[C@@H](O)CC(=O)O)C(C)C)C(C)C. The Labute approximate surface area is 273 Å². The van der Waals surface area contributed by atoms with Crippen LogP contribution < -0.4 is 26.6 Å². The summed E-state index contributed by atoms with van der Waals surface area (Å²) in [5.41, 5.74) is 0. The summed E-state index contributed by atoms with van der Waals surface area (Å²) in [6.45, 7) is 17.6. The number of nitrogens with one attached hydrogen (secondary N) is 5. The van der Waals surface area contributed by atoms with Crippen LogP contribution >= 0.6 is 0 Å². The Hall–Kier alpha value is -3.26. The number of amides is 5. The maximum absolute atomic E-state index is 13.4. The summed E-state index contributed by atoms with van der Waals surface area (Å²) in [7, 11) is 0. The lowest BCUT2D eigenvalue weighted by Gasteiger charge is -2.31. The van der Waals surface area contributed by atoms with E-state index < -0.39 is 84.9 Å². The number of carboxylic acid groups (broad SMARTS) is 1. The molecule has 0 aromatic carbocycles. The van der Waals surface area contributed by atoms with Crippen LogP contribution in [0.1, 0.15) is 101 Å². The summed E-state index contributed by atoms with van der Waals surface area (Å²) < 4.78 is 0. The van der Waals surface area contributed by atoms with Crippen LogP contribution in [-0.4, -0.2) is 93.2 Å². The number of carbonyl (C=O) groups is 6. The number of carbonyl (C=O) groups excluding carboxylic acids is 5. The first-order valence-corrected chi connectivity index (χ1v) is 16.3. The highest BCUT2D eigenvalue weighted by atomic mass is 16.4. The predicted octanol–water partition coefficient (Wildman–Crippen LogP) is 0.831. The van der Waals surface area contributed by atoms with Crippen molar-refractivity contribution in [1.82, 2.24) is 26.6 Å². The van der Waals surface area contributed by atoms with Gasteiger partial charge < -0.3 is 41.9 Å². The minimum Gasteiger partial charge on any atom is -0.481 e. The van der Waals surface area contributed by atoms with E-state index in [1.165, 1.54) is 6.92 Å². The van der Waals surface area contributed by atoms with Gasteiger partial charge in [-0.05, 0) is 43.4 Å². The number of hydrogen-bond acceptors (Lipinski definition) is 8. The van der Waals surface area contributed by atoms with Crippen molar-refractivity contribution in [3.05, 3.63) is 0 Å². The second kappa shape index (κ2) is 20.8. The minimum atomic E-state index is -1.33. The molecule has 0 aromatic heterocycles. The number of carboxylic acids is 1. The van der Waals surface area contributed by atoms with Crippen LogP contribution in [0, 0.1) is 23.7 Å². The van der Waals surface area contributed by atoms with E-state index in [1.807, 2.05) is 27.7 Å². The highest BCUT2D eigenvalue weighted by Gasteiger charge is 2.33. The molecular weight excluding hydrogens is 598 g/mol. The molecule has 0 bridgehead atoms. The normalized spacial score (nSPS) is 16.2. The lowest BCUT2D eigenvalue weighted by atomic mass is 9.95. The topological polar surface area (TPSA) is 223 Å². The molecule has 14 nitrogen and oxygen atoms in total. The van der Waals surface area contributed by atoms with Crippen LogP contribution in [0.3, 0.4) is 0 Å².